The van der Waals surface area contributed by atoms with Gasteiger partial charge in [-0.05, 0) is 44.2 Å². The molecule has 1 fully saturated rings. The number of ether oxygens (including phenoxy) is 2. The molecule has 1 aromatic heterocycles. The van der Waals surface area contributed by atoms with Crippen molar-refractivity contribution >= 4 is 0 Å². The highest BCUT2D eigenvalue weighted by molar-refractivity contribution is 5.53. The molecule has 7 heteroatoms. The molecule has 0 amide bonds. The van der Waals surface area contributed by atoms with E-state index in [1.54, 1.807) is 19.1 Å². The van der Waals surface area contributed by atoms with Gasteiger partial charge in [0.2, 0.25) is 5.89 Å². The molecule has 0 spiro atoms. The molecule has 164 valence electrons. The molecule has 4 rings (SSSR count). The van der Waals surface area contributed by atoms with Gasteiger partial charge in [0.05, 0.1) is 14.2 Å². The third kappa shape index (κ3) is 4.89. The third-order valence-electron chi connectivity index (χ3n) is 6.19. The molecule has 0 aliphatic carbocycles. The van der Waals surface area contributed by atoms with Gasteiger partial charge in [0, 0.05) is 11.1 Å². The Balaban J connectivity index is 1.35. The molecule has 31 heavy (non-hydrogen) atoms. The van der Waals surface area contributed by atoms with Crippen molar-refractivity contribution in [1.29, 1.82) is 0 Å². The van der Waals surface area contributed by atoms with Crippen LogP contribution in [0.15, 0.2) is 46.9 Å². The Morgan fingerprint density at radius 1 is 0.968 bits per heavy atom. The van der Waals surface area contributed by atoms with Crippen LogP contribution in [0, 0.1) is 6.92 Å². The maximum atomic E-state index is 6.03. The maximum absolute atomic E-state index is 6.03. The third-order valence-corrected chi connectivity index (χ3v) is 6.19. The smallest absolute Gasteiger partial charge is 0.274 e. The summed E-state index contributed by atoms with van der Waals surface area (Å²) in [7, 11) is 3.35. The van der Waals surface area contributed by atoms with Crippen molar-refractivity contribution in [3.63, 3.8) is 0 Å². The molecular weight excluding hydrogens is 392 g/mol. The second-order valence-corrected chi connectivity index (χ2v) is 8.31. The molecule has 1 saturated heterocycles. The molecule has 0 unspecified atom stereocenters. The van der Waals surface area contributed by atoms with E-state index in [1.165, 1.54) is 16.0 Å². The number of hydrogen-bond donors (Lipinski definition) is 2. The summed E-state index contributed by atoms with van der Waals surface area (Å²) in [5.41, 5.74) is 3.43. The first-order valence-electron chi connectivity index (χ1n) is 10.9. The monoisotopic (exact) mass is 424 g/mol. The normalized spacial score (nSPS) is 19.7. The molecule has 2 N–H and O–H groups in total. The number of hydrogen-bond acceptors (Lipinski definition) is 5. The van der Waals surface area contributed by atoms with Gasteiger partial charge >= 0.3 is 0 Å². The largest absolute Gasteiger partial charge is 0.493 e. The number of aryl methyl sites for hydroxylation is 1. The molecule has 1 aliphatic heterocycles. The van der Waals surface area contributed by atoms with Crippen LogP contribution in [0.4, 0.5) is 0 Å². The predicted molar refractivity (Wildman–Crippen MR) is 118 cm³/mol. The lowest BCUT2D eigenvalue weighted by molar-refractivity contribution is -1.03. The van der Waals surface area contributed by atoms with E-state index in [1.807, 2.05) is 18.2 Å². The second kappa shape index (κ2) is 9.49. The van der Waals surface area contributed by atoms with E-state index in [2.05, 4.69) is 48.3 Å². The molecule has 3 aromatic rings. The second-order valence-electron chi connectivity index (χ2n) is 8.31. The van der Waals surface area contributed by atoms with Crippen LogP contribution < -0.4 is 19.3 Å². The highest BCUT2D eigenvalue weighted by atomic mass is 16.5. The Morgan fingerprint density at radius 3 is 2.45 bits per heavy atom. The van der Waals surface area contributed by atoms with Crippen LogP contribution in [0.1, 0.15) is 30.0 Å². The Hall–Kier alpha value is -2.90. The van der Waals surface area contributed by atoms with Gasteiger partial charge in [-0.25, -0.2) is 0 Å². The van der Waals surface area contributed by atoms with Crippen LogP contribution in [-0.4, -0.2) is 50.6 Å². The molecule has 0 radical (unpaired) electrons. The maximum Gasteiger partial charge on any atom is 0.274 e. The summed E-state index contributed by atoms with van der Waals surface area (Å²) in [6.45, 7) is 9.59. The van der Waals surface area contributed by atoms with Crippen LogP contribution >= 0.6 is 0 Å². The highest BCUT2D eigenvalue weighted by Crippen LogP contribution is 2.27. The zero-order valence-corrected chi connectivity index (χ0v) is 18.8. The average Bonchev–Trinajstić information content (AvgIpc) is 3.29. The summed E-state index contributed by atoms with van der Waals surface area (Å²) in [6.07, 6.45) is 0. The van der Waals surface area contributed by atoms with Gasteiger partial charge in [-0.2, -0.15) is 0 Å². The highest BCUT2D eigenvalue weighted by Gasteiger charge is 2.31. The molecule has 2 heterocycles. The van der Waals surface area contributed by atoms with Crippen LogP contribution in [0.2, 0.25) is 0 Å². The van der Waals surface area contributed by atoms with Crippen molar-refractivity contribution in [2.45, 2.75) is 26.4 Å². The van der Waals surface area contributed by atoms with Crippen molar-refractivity contribution in [3.05, 3.63) is 59.5 Å². The van der Waals surface area contributed by atoms with Gasteiger partial charge in [0.1, 0.15) is 32.7 Å². The number of nitrogens with one attached hydrogen (secondary N) is 2. The molecule has 0 bridgehead atoms. The zero-order valence-electron chi connectivity index (χ0n) is 18.8. The molecule has 1 aliphatic rings. The first-order valence-corrected chi connectivity index (χ1v) is 10.9. The fraction of sp³-hybridized carbons (Fsp3) is 0.417. The van der Waals surface area contributed by atoms with E-state index in [0.29, 0.717) is 5.89 Å². The lowest BCUT2D eigenvalue weighted by atomic mass is 10.1. The van der Waals surface area contributed by atoms with Gasteiger partial charge in [-0.3, -0.25) is 0 Å². The summed E-state index contributed by atoms with van der Waals surface area (Å²) in [6, 6.07) is 14.6. The van der Waals surface area contributed by atoms with Gasteiger partial charge in [-0.1, -0.05) is 17.7 Å². The van der Waals surface area contributed by atoms with Crippen molar-refractivity contribution in [2.75, 3.05) is 40.4 Å². The Morgan fingerprint density at radius 2 is 1.74 bits per heavy atom. The molecule has 1 atom stereocenters. The van der Waals surface area contributed by atoms with E-state index in [-0.39, 0.29) is 6.04 Å². The van der Waals surface area contributed by atoms with E-state index in [0.717, 1.165) is 55.7 Å². The van der Waals surface area contributed by atoms with Crippen LogP contribution in [0.3, 0.4) is 0 Å². The summed E-state index contributed by atoms with van der Waals surface area (Å²) in [4.78, 5) is 3.07. The van der Waals surface area contributed by atoms with Crippen molar-refractivity contribution in [1.82, 2.24) is 10.2 Å². The van der Waals surface area contributed by atoms with Gasteiger partial charge in [0.25, 0.3) is 5.89 Å². The quantitative estimate of drug-likeness (QED) is 0.595. The van der Waals surface area contributed by atoms with E-state index in [4.69, 9.17) is 13.9 Å². The topological polar surface area (TPSA) is 66.3 Å². The predicted octanol–water partition coefficient (Wildman–Crippen LogP) is 1.11. The van der Waals surface area contributed by atoms with Crippen molar-refractivity contribution in [2.24, 2.45) is 0 Å². The Labute approximate surface area is 183 Å². The van der Waals surface area contributed by atoms with E-state index < -0.39 is 0 Å². The summed E-state index contributed by atoms with van der Waals surface area (Å²) < 4.78 is 16.8. The molecule has 7 nitrogen and oxygen atoms in total. The van der Waals surface area contributed by atoms with Gasteiger partial charge in [0.15, 0.2) is 17.5 Å². The van der Waals surface area contributed by atoms with E-state index >= 15 is 0 Å². The first kappa shape index (κ1) is 21.3. The van der Waals surface area contributed by atoms with Crippen LogP contribution in [0.5, 0.6) is 11.5 Å². The first-order chi connectivity index (χ1) is 15.1. The molecule has 2 aromatic carbocycles. The lowest BCUT2D eigenvalue weighted by Crippen LogP contribution is -3.27. The molecule has 0 saturated carbocycles. The average molecular weight is 425 g/mol. The van der Waals surface area contributed by atoms with Crippen LogP contribution in [0.25, 0.3) is 11.5 Å². The summed E-state index contributed by atoms with van der Waals surface area (Å²) in [5, 5.41) is 8.64. The fourth-order valence-electron chi connectivity index (χ4n) is 4.29. The number of aromatic nitrogens is 2. The number of piperazine rings is 1. The summed E-state index contributed by atoms with van der Waals surface area (Å²) in [5.74, 6) is 2.88. The van der Waals surface area contributed by atoms with Crippen molar-refractivity contribution in [3.8, 4) is 23.0 Å². The number of methoxy groups -OCH3 is 2. The minimum absolute atomic E-state index is 0.189. The molecular formula is C24H32N4O3+2. The fourth-order valence-corrected chi connectivity index (χ4v) is 4.29. The van der Waals surface area contributed by atoms with Gasteiger partial charge < -0.3 is 23.7 Å². The van der Waals surface area contributed by atoms with E-state index in [9.17, 15) is 0 Å². The Kier molecular flexibility index (Phi) is 6.53. The lowest BCUT2D eigenvalue weighted by Gasteiger charge is -2.32. The number of rotatable bonds is 7. The minimum atomic E-state index is 0.189. The SMILES string of the molecule is COc1ccc(C[NH+]2CC[NH+]([C@@H](C)c3nnc(-c4cccc(C)c4)o3)CC2)cc1OC. The number of quaternary nitrogens is 2. The minimum Gasteiger partial charge on any atom is -0.493 e. The van der Waals surface area contributed by atoms with Crippen molar-refractivity contribution < 1.29 is 23.7 Å². The standard InChI is InChI=1S/C24H30N4O3/c1-17-6-5-7-20(14-17)24-26-25-23(31-24)18(2)28-12-10-27(11-13-28)16-19-8-9-21(29-3)22(15-19)30-4/h5-9,14-15,18H,10-13,16H2,1-4H3/p+2/t18-/m0/s1. The van der Waals surface area contributed by atoms with Gasteiger partial charge in [-0.15, -0.1) is 10.2 Å². The number of benzene rings is 2. The Bertz CT molecular complexity index is 1010. The zero-order chi connectivity index (χ0) is 21.8. The van der Waals surface area contributed by atoms with Crippen LogP contribution in [-0.2, 0) is 6.54 Å². The summed E-state index contributed by atoms with van der Waals surface area (Å²) >= 11 is 0. The number of nitrogens with zero attached hydrogens (tertiary/aromatic N) is 2.